The zero-order chi connectivity index (χ0) is 18.7. The van der Waals surface area contributed by atoms with Gasteiger partial charge < -0.3 is 9.84 Å². The molecule has 3 rings (SSSR count). The summed E-state index contributed by atoms with van der Waals surface area (Å²) in [5.41, 5.74) is 2.30. The minimum absolute atomic E-state index is 0.102. The number of aromatic amines is 1. The van der Waals surface area contributed by atoms with Gasteiger partial charge in [-0.2, -0.15) is 0 Å². The predicted octanol–water partition coefficient (Wildman–Crippen LogP) is 2.01. The van der Waals surface area contributed by atoms with E-state index in [1.807, 2.05) is 32.0 Å². The minimum atomic E-state index is -0.284. The normalized spacial score (nSPS) is 10.9. The molecule has 0 saturated carbocycles. The fourth-order valence-electron chi connectivity index (χ4n) is 2.75. The maximum Gasteiger partial charge on any atom is 0.255 e. The van der Waals surface area contributed by atoms with Crippen molar-refractivity contribution in [3.05, 3.63) is 45.5 Å². The molecule has 0 aliphatic carbocycles. The van der Waals surface area contributed by atoms with Crippen LogP contribution in [-0.2, 0) is 6.42 Å². The second-order valence-corrected chi connectivity index (χ2v) is 5.82. The number of aromatic nitrogens is 4. The number of rotatable bonds is 6. The number of nitrogens with one attached hydrogen (secondary N) is 2. The minimum Gasteiger partial charge on any atom is -0.494 e. The first-order valence-electron chi connectivity index (χ1n) is 8.40. The van der Waals surface area contributed by atoms with Gasteiger partial charge in [0.2, 0.25) is 11.9 Å². The Morgan fingerprint density at radius 1 is 1.19 bits per heavy atom. The van der Waals surface area contributed by atoms with Gasteiger partial charge in [0.15, 0.2) is 0 Å². The summed E-state index contributed by atoms with van der Waals surface area (Å²) in [5.74, 6) is 1.38. The van der Waals surface area contributed by atoms with E-state index in [1.54, 1.807) is 6.92 Å². The number of hydrogen-bond acceptors (Lipinski definition) is 7. The van der Waals surface area contributed by atoms with Crippen LogP contribution in [0.4, 0.5) is 11.9 Å². The number of aliphatic hydroxyl groups is 1. The highest BCUT2D eigenvalue weighted by molar-refractivity contribution is 5.83. The van der Waals surface area contributed by atoms with E-state index in [4.69, 9.17) is 9.84 Å². The molecule has 0 aliphatic rings. The maximum atomic E-state index is 12.1. The van der Waals surface area contributed by atoms with Crippen molar-refractivity contribution in [2.24, 2.45) is 0 Å². The Kier molecular flexibility index (Phi) is 5.13. The molecule has 2 aromatic heterocycles. The molecule has 0 spiro atoms. The van der Waals surface area contributed by atoms with Crippen LogP contribution in [0.1, 0.15) is 23.9 Å². The van der Waals surface area contributed by atoms with Gasteiger partial charge in [-0.05, 0) is 39.0 Å². The summed E-state index contributed by atoms with van der Waals surface area (Å²) in [4.78, 5) is 28.0. The van der Waals surface area contributed by atoms with E-state index >= 15 is 0 Å². The van der Waals surface area contributed by atoms with E-state index in [2.05, 4.69) is 25.3 Å². The molecule has 136 valence electrons. The number of fused-ring (bicyclic) bond motifs is 1. The van der Waals surface area contributed by atoms with E-state index < -0.39 is 0 Å². The first kappa shape index (κ1) is 17.8. The quantitative estimate of drug-likeness (QED) is 0.620. The number of benzene rings is 1. The van der Waals surface area contributed by atoms with Crippen molar-refractivity contribution >= 4 is 22.8 Å². The van der Waals surface area contributed by atoms with Gasteiger partial charge in [0.1, 0.15) is 5.75 Å². The molecule has 3 N–H and O–H groups in total. The summed E-state index contributed by atoms with van der Waals surface area (Å²) in [6.07, 6.45) is 0.266. The first-order valence-corrected chi connectivity index (χ1v) is 8.40. The number of nitrogens with zero attached hydrogens (tertiary/aromatic N) is 3. The molecule has 8 heteroatoms. The van der Waals surface area contributed by atoms with Gasteiger partial charge in [-0.25, -0.2) is 15.0 Å². The molecule has 0 saturated heterocycles. The molecule has 0 bridgehead atoms. The standard InChI is InChI=1S/C18H21N5O3/c1-4-26-12-5-6-15-14(9-12)11(3)20-17(21-15)23-18-19-10(2)13(7-8-24)16(25)22-18/h5-6,9,24H,4,7-8H2,1-3H3,(H2,19,20,21,22,23,25). The molecule has 1 aromatic carbocycles. The lowest BCUT2D eigenvalue weighted by Crippen LogP contribution is -2.19. The van der Waals surface area contributed by atoms with Crippen molar-refractivity contribution < 1.29 is 9.84 Å². The largest absolute Gasteiger partial charge is 0.494 e. The zero-order valence-corrected chi connectivity index (χ0v) is 15.0. The highest BCUT2D eigenvalue weighted by Crippen LogP contribution is 2.23. The van der Waals surface area contributed by atoms with Crippen molar-refractivity contribution in [2.75, 3.05) is 18.5 Å². The summed E-state index contributed by atoms with van der Waals surface area (Å²) in [6.45, 7) is 6.04. The van der Waals surface area contributed by atoms with E-state index in [9.17, 15) is 4.79 Å². The molecular formula is C18H21N5O3. The van der Waals surface area contributed by atoms with Crippen molar-refractivity contribution in [3.63, 3.8) is 0 Å². The Morgan fingerprint density at radius 3 is 2.69 bits per heavy atom. The molecule has 8 nitrogen and oxygen atoms in total. The van der Waals surface area contributed by atoms with E-state index in [0.29, 0.717) is 23.8 Å². The van der Waals surface area contributed by atoms with Crippen LogP contribution in [0.2, 0.25) is 0 Å². The number of hydrogen-bond donors (Lipinski definition) is 3. The predicted molar refractivity (Wildman–Crippen MR) is 99.1 cm³/mol. The van der Waals surface area contributed by atoms with Crippen LogP contribution in [0.25, 0.3) is 10.9 Å². The number of ether oxygens (including phenoxy) is 1. The van der Waals surface area contributed by atoms with Gasteiger partial charge >= 0.3 is 0 Å². The SMILES string of the molecule is CCOc1ccc2nc(Nc3nc(C)c(CCO)c(=O)[nH]3)nc(C)c2c1. The van der Waals surface area contributed by atoms with E-state index in [-0.39, 0.29) is 24.5 Å². The number of anilines is 2. The number of aryl methyl sites for hydroxylation is 2. The van der Waals surface area contributed by atoms with Crippen molar-refractivity contribution in [1.82, 2.24) is 19.9 Å². The zero-order valence-electron chi connectivity index (χ0n) is 15.0. The van der Waals surface area contributed by atoms with Gasteiger partial charge in [-0.15, -0.1) is 0 Å². The number of aliphatic hydroxyl groups excluding tert-OH is 1. The van der Waals surface area contributed by atoms with Crippen LogP contribution >= 0.6 is 0 Å². The van der Waals surface area contributed by atoms with Gasteiger partial charge in [0.05, 0.1) is 23.5 Å². The van der Waals surface area contributed by atoms with Gasteiger partial charge in [-0.3, -0.25) is 15.1 Å². The third kappa shape index (κ3) is 3.65. The van der Waals surface area contributed by atoms with Crippen LogP contribution in [0, 0.1) is 13.8 Å². The molecule has 0 aliphatic heterocycles. The Hall–Kier alpha value is -3.00. The van der Waals surface area contributed by atoms with Crippen molar-refractivity contribution in [2.45, 2.75) is 27.2 Å². The third-order valence-electron chi connectivity index (χ3n) is 3.98. The smallest absolute Gasteiger partial charge is 0.255 e. The molecule has 26 heavy (non-hydrogen) atoms. The molecule has 0 fully saturated rings. The molecule has 0 unspecified atom stereocenters. The Labute approximate surface area is 150 Å². The topological polar surface area (TPSA) is 113 Å². The van der Waals surface area contributed by atoms with Crippen LogP contribution in [0.15, 0.2) is 23.0 Å². The maximum absolute atomic E-state index is 12.1. The first-order chi connectivity index (χ1) is 12.5. The Morgan fingerprint density at radius 2 is 2.00 bits per heavy atom. The highest BCUT2D eigenvalue weighted by Gasteiger charge is 2.10. The fraction of sp³-hybridized carbons (Fsp3) is 0.333. The number of H-pyrrole nitrogens is 1. The van der Waals surface area contributed by atoms with Crippen LogP contribution in [0.3, 0.4) is 0 Å². The average Bonchev–Trinajstić information content (AvgIpc) is 2.59. The van der Waals surface area contributed by atoms with Crippen LogP contribution in [0.5, 0.6) is 5.75 Å². The molecule has 0 atom stereocenters. The van der Waals surface area contributed by atoms with E-state index in [0.717, 1.165) is 22.3 Å². The second kappa shape index (κ2) is 7.49. The monoisotopic (exact) mass is 355 g/mol. The lowest BCUT2D eigenvalue weighted by atomic mass is 10.2. The average molecular weight is 355 g/mol. The summed E-state index contributed by atoms with van der Waals surface area (Å²) >= 11 is 0. The molecule has 2 heterocycles. The van der Waals surface area contributed by atoms with Crippen LogP contribution < -0.4 is 15.6 Å². The summed E-state index contributed by atoms with van der Waals surface area (Å²) in [7, 11) is 0. The Bertz CT molecular complexity index is 1000. The lowest BCUT2D eigenvalue weighted by Gasteiger charge is -2.10. The van der Waals surface area contributed by atoms with Gasteiger partial charge in [0.25, 0.3) is 5.56 Å². The third-order valence-corrected chi connectivity index (χ3v) is 3.98. The summed E-state index contributed by atoms with van der Waals surface area (Å²) in [5, 5.41) is 12.9. The molecule has 3 aromatic rings. The summed E-state index contributed by atoms with van der Waals surface area (Å²) < 4.78 is 5.51. The van der Waals surface area contributed by atoms with Gasteiger partial charge in [0, 0.05) is 24.0 Å². The molecule has 0 amide bonds. The van der Waals surface area contributed by atoms with Gasteiger partial charge in [-0.1, -0.05) is 0 Å². The highest BCUT2D eigenvalue weighted by atomic mass is 16.5. The molecule has 0 radical (unpaired) electrons. The fourth-order valence-corrected chi connectivity index (χ4v) is 2.75. The van der Waals surface area contributed by atoms with Crippen LogP contribution in [-0.4, -0.2) is 38.3 Å². The Balaban J connectivity index is 1.94. The molecular weight excluding hydrogens is 334 g/mol. The second-order valence-electron chi connectivity index (χ2n) is 5.82. The lowest BCUT2D eigenvalue weighted by molar-refractivity contribution is 0.298. The summed E-state index contributed by atoms with van der Waals surface area (Å²) in [6, 6.07) is 5.63. The van der Waals surface area contributed by atoms with Crippen molar-refractivity contribution in [3.8, 4) is 5.75 Å². The van der Waals surface area contributed by atoms with Crippen molar-refractivity contribution in [1.29, 1.82) is 0 Å². The van der Waals surface area contributed by atoms with E-state index in [1.165, 1.54) is 0 Å².